The van der Waals surface area contributed by atoms with Gasteiger partial charge in [-0.2, -0.15) is 13.2 Å². The third kappa shape index (κ3) is 4.34. The Morgan fingerprint density at radius 3 is 2.04 bits per heavy atom. The highest BCUT2D eigenvalue weighted by Crippen LogP contribution is 2.33. The molecule has 24 heavy (non-hydrogen) atoms. The van der Waals surface area contributed by atoms with Crippen molar-refractivity contribution in [2.75, 3.05) is 10.6 Å². The van der Waals surface area contributed by atoms with Crippen molar-refractivity contribution in [3.63, 3.8) is 0 Å². The van der Waals surface area contributed by atoms with Gasteiger partial charge in [0.05, 0.1) is 5.56 Å². The average molecular weight is 336 g/mol. The van der Waals surface area contributed by atoms with Crippen molar-refractivity contribution < 1.29 is 22.8 Å². The van der Waals surface area contributed by atoms with Crippen LogP contribution in [0.15, 0.2) is 42.5 Å². The number of hydrogen-bond donors (Lipinski definition) is 2. The fourth-order valence-corrected chi connectivity index (χ4v) is 2.12. The third-order valence-electron chi connectivity index (χ3n) is 3.27. The quantitative estimate of drug-likeness (QED) is 0.881. The number of aryl methyl sites for hydroxylation is 1. The van der Waals surface area contributed by atoms with Gasteiger partial charge in [0.25, 0.3) is 5.91 Å². The number of carbonyl (C=O) groups is 2. The van der Waals surface area contributed by atoms with E-state index in [9.17, 15) is 22.8 Å². The summed E-state index contributed by atoms with van der Waals surface area (Å²) in [4.78, 5) is 23.0. The summed E-state index contributed by atoms with van der Waals surface area (Å²) >= 11 is 0. The van der Waals surface area contributed by atoms with Crippen molar-refractivity contribution in [1.29, 1.82) is 0 Å². The van der Waals surface area contributed by atoms with E-state index in [0.717, 1.165) is 6.07 Å². The molecule has 0 saturated heterocycles. The van der Waals surface area contributed by atoms with Crippen molar-refractivity contribution in [3.8, 4) is 0 Å². The van der Waals surface area contributed by atoms with E-state index in [1.54, 1.807) is 0 Å². The summed E-state index contributed by atoms with van der Waals surface area (Å²) in [6.45, 7) is 2.71. The van der Waals surface area contributed by atoms with Gasteiger partial charge in [-0.15, -0.1) is 0 Å². The van der Waals surface area contributed by atoms with Gasteiger partial charge in [0, 0.05) is 23.9 Å². The monoisotopic (exact) mass is 336 g/mol. The van der Waals surface area contributed by atoms with Gasteiger partial charge in [0.1, 0.15) is 0 Å². The van der Waals surface area contributed by atoms with Gasteiger partial charge >= 0.3 is 6.18 Å². The highest BCUT2D eigenvalue weighted by atomic mass is 19.4. The maximum atomic E-state index is 12.9. The molecule has 0 heterocycles. The van der Waals surface area contributed by atoms with Gasteiger partial charge in [-0.05, 0) is 48.9 Å². The lowest BCUT2D eigenvalue weighted by Crippen LogP contribution is -2.14. The molecule has 2 N–H and O–H groups in total. The Morgan fingerprint density at radius 2 is 1.50 bits per heavy atom. The predicted octanol–water partition coefficient (Wildman–Crippen LogP) is 4.22. The van der Waals surface area contributed by atoms with Crippen molar-refractivity contribution >= 4 is 23.2 Å². The summed E-state index contributed by atoms with van der Waals surface area (Å²) in [5.74, 6) is -0.784. The highest BCUT2D eigenvalue weighted by Gasteiger charge is 2.32. The molecule has 7 heteroatoms. The third-order valence-corrected chi connectivity index (χ3v) is 3.27. The van der Waals surface area contributed by atoms with Crippen LogP contribution in [0, 0.1) is 6.92 Å². The van der Waals surface area contributed by atoms with Gasteiger partial charge in [0.15, 0.2) is 0 Å². The smallest absolute Gasteiger partial charge is 0.326 e. The Balaban J connectivity index is 2.16. The first-order chi connectivity index (χ1) is 11.2. The largest absolute Gasteiger partial charge is 0.416 e. The Bertz CT molecular complexity index is 768. The Labute approximate surface area is 136 Å². The summed E-state index contributed by atoms with van der Waals surface area (Å²) < 4.78 is 38.7. The second-order valence-electron chi connectivity index (χ2n) is 5.24. The molecule has 0 saturated carbocycles. The van der Waals surface area contributed by atoms with E-state index >= 15 is 0 Å². The van der Waals surface area contributed by atoms with Crippen molar-refractivity contribution in [1.82, 2.24) is 0 Å². The number of alkyl halides is 3. The molecule has 0 spiro atoms. The number of benzene rings is 2. The molecule has 2 amide bonds. The molecule has 0 aliphatic heterocycles. The van der Waals surface area contributed by atoms with E-state index in [1.165, 1.54) is 50.2 Å². The van der Waals surface area contributed by atoms with Crippen LogP contribution in [0.2, 0.25) is 0 Å². The minimum atomic E-state index is -4.48. The SMILES string of the molecule is CC(=O)Nc1ccc(C(=O)Nc2ccc(C)c(C(F)(F)F)c2)cc1. The second kappa shape index (κ2) is 6.74. The zero-order chi connectivity index (χ0) is 17.9. The van der Waals surface area contributed by atoms with Gasteiger partial charge in [-0.25, -0.2) is 0 Å². The molecule has 0 bridgehead atoms. The molecule has 2 aromatic rings. The molecule has 2 aromatic carbocycles. The van der Waals surface area contributed by atoms with Crippen LogP contribution in [-0.4, -0.2) is 11.8 Å². The number of carbonyl (C=O) groups excluding carboxylic acids is 2. The van der Waals surface area contributed by atoms with E-state index in [2.05, 4.69) is 10.6 Å². The lowest BCUT2D eigenvalue weighted by atomic mass is 10.1. The standard InChI is InChI=1S/C17H15F3N2O2/c1-10-3-6-14(9-15(10)17(18,19)20)22-16(24)12-4-7-13(8-5-12)21-11(2)23/h3-9H,1-2H3,(H,21,23)(H,22,24). The summed E-state index contributed by atoms with van der Waals surface area (Å²) in [7, 11) is 0. The lowest BCUT2D eigenvalue weighted by molar-refractivity contribution is -0.138. The van der Waals surface area contributed by atoms with E-state index in [-0.39, 0.29) is 22.7 Å². The lowest BCUT2D eigenvalue weighted by Gasteiger charge is -2.13. The van der Waals surface area contributed by atoms with Gasteiger partial charge < -0.3 is 10.6 Å². The molecule has 0 unspecified atom stereocenters. The molecule has 0 aliphatic rings. The van der Waals surface area contributed by atoms with Crippen LogP contribution in [0.1, 0.15) is 28.4 Å². The number of hydrogen-bond acceptors (Lipinski definition) is 2. The first-order valence-electron chi connectivity index (χ1n) is 7.03. The van der Waals surface area contributed by atoms with E-state index in [0.29, 0.717) is 5.69 Å². The topological polar surface area (TPSA) is 58.2 Å². The molecule has 0 aromatic heterocycles. The molecular weight excluding hydrogens is 321 g/mol. The first-order valence-corrected chi connectivity index (χ1v) is 7.03. The van der Waals surface area contributed by atoms with Gasteiger partial charge in [-0.1, -0.05) is 6.07 Å². The fraction of sp³-hybridized carbons (Fsp3) is 0.176. The van der Waals surface area contributed by atoms with Gasteiger partial charge in [-0.3, -0.25) is 9.59 Å². The second-order valence-corrected chi connectivity index (χ2v) is 5.24. The summed E-state index contributed by atoms with van der Waals surface area (Å²) in [5, 5.41) is 4.99. The van der Waals surface area contributed by atoms with Crippen molar-refractivity contribution in [3.05, 3.63) is 59.2 Å². The molecule has 126 valence electrons. The molecule has 0 fully saturated rings. The Morgan fingerprint density at radius 1 is 0.917 bits per heavy atom. The average Bonchev–Trinajstić information content (AvgIpc) is 2.48. The number of amides is 2. The Kier molecular flexibility index (Phi) is 4.92. The number of anilines is 2. The summed E-state index contributed by atoms with van der Waals surface area (Å²) in [5.41, 5.74) is 0.136. The molecule has 0 aliphatic carbocycles. The molecule has 0 radical (unpaired) electrons. The number of nitrogens with one attached hydrogen (secondary N) is 2. The van der Waals surface area contributed by atoms with E-state index in [4.69, 9.17) is 0 Å². The molecule has 4 nitrogen and oxygen atoms in total. The first kappa shape index (κ1) is 17.5. The van der Waals surface area contributed by atoms with E-state index in [1.807, 2.05) is 0 Å². The maximum Gasteiger partial charge on any atom is 0.416 e. The normalized spacial score (nSPS) is 11.0. The van der Waals surface area contributed by atoms with Crippen LogP contribution >= 0.6 is 0 Å². The van der Waals surface area contributed by atoms with Crippen LogP contribution in [-0.2, 0) is 11.0 Å². The zero-order valence-corrected chi connectivity index (χ0v) is 13.0. The van der Waals surface area contributed by atoms with Gasteiger partial charge in [0.2, 0.25) is 5.91 Å². The summed E-state index contributed by atoms with van der Waals surface area (Å²) in [6.07, 6.45) is -4.48. The highest BCUT2D eigenvalue weighted by molar-refractivity contribution is 6.04. The van der Waals surface area contributed by atoms with Crippen LogP contribution < -0.4 is 10.6 Å². The van der Waals surface area contributed by atoms with Crippen LogP contribution in [0.3, 0.4) is 0 Å². The number of rotatable bonds is 3. The molecule has 0 atom stereocenters. The van der Waals surface area contributed by atoms with E-state index < -0.39 is 17.6 Å². The van der Waals surface area contributed by atoms with Crippen molar-refractivity contribution in [2.45, 2.75) is 20.0 Å². The van der Waals surface area contributed by atoms with Crippen LogP contribution in [0.25, 0.3) is 0 Å². The maximum absolute atomic E-state index is 12.9. The molecule has 2 rings (SSSR count). The van der Waals surface area contributed by atoms with Crippen molar-refractivity contribution in [2.24, 2.45) is 0 Å². The molecular formula is C17H15F3N2O2. The van der Waals surface area contributed by atoms with Crippen LogP contribution in [0.5, 0.6) is 0 Å². The zero-order valence-electron chi connectivity index (χ0n) is 13.0. The minimum absolute atomic E-state index is 0.0591. The minimum Gasteiger partial charge on any atom is -0.326 e. The van der Waals surface area contributed by atoms with Crippen LogP contribution in [0.4, 0.5) is 24.5 Å². The predicted molar refractivity (Wildman–Crippen MR) is 84.9 cm³/mol. The Hall–Kier alpha value is -2.83. The fourth-order valence-electron chi connectivity index (χ4n) is 2.12. The number of halogens is 3. The summed E-state index contributed by atoms with van der Waals surface area (Å²) in [6, 6.07) is 9.63.